The molecular weight excluding hydrogens is 270 g/mol. The lowest BCUT2D eigenvalue weighted by Crippen LogP contribution is -2.34. The summed E-state index contributed by atoms with van der Waals surface area (Å²) in [6.07, 6.45) is 1.82. The summed E-state index contributed by atoms with van der Waals surface area (Å²) >= 11 is 5.69. The van der Waals surface area contributed by atoms with Gasteiger partial charge in [0.1, 0.15) is 0 Å². The summed E-state index contributed by atoms with van der Waals surface area (Å²) in [6.45, 7) is 3.97. The van der Waals surface area contributed by atoms with Gasteiger partial charge in [0.05, 0.1) is 4.90 Å². The van der Waals surface area contributed by atoms with E-state index in [2.05, 4.69) is 0 Å². The van der Waals surface area contributed by atoms with E-state index >= 15 is 0 Å². The van der Waals surface area contributed by atoms with Crippen molar-refractivity contribution in [2.24, 2.45) is 0 Å². The minimum atomic E-state index is -3.40. The zero-order chi connectivity index (χ0) is 13.8. The Morgan fingerprint density at radius 3 is 2.28 bits per heavy atom. The third-order valence-electron chi connectivity index (χ3n) is 3.08. The summed E-state index contributed by atoms with van der Waals surface area (Å²) in [5.74, 6) is 0.391. The number of rotatable bonds is 6. The SMILES string of the molecule is CCCC(C)N(C)S(=O)(=O)c1ccc(CCl)cc1. The number of hydrogen-bond donors (Lipinski definition) is 0. The first-order valence-corrected chi connectivity index (χ1v) is 8.03. The molecule has 0 aliphatic rings. The Hall–Kier alpha value is -0.580. The fourth-order valence-electron chi connectivity index (χ4n) is 1.75. The number of nitrogens with zero attached hydrogens (tertiary/aromatic N) is 1. The highest BCUT2D eigenvalue weighted by Gasteiger charge is 2.24. The van der Waals surface area contributed by atoms with Crippen LogP contribution in [-0.4, -0.2) is 25.8 Å². The molecule has 0 aromatic heterocycles. The van der Waals surface area contributed by atoms with Crippen LogP contribution in [0.2, 0.25) is 0 Å². The van der Waals surface area contributed by atoms with Gasteiger partial charge in [0.15, 0.2) is 0 Å². The van der Waals surface area contributed by atoms with E-state index in [0.717, 1.165) is 18.4 Å². The average Bonchev–Trinajstić information content (AvgIpc) is 2.38. The van der Waals surface area contributed by atoms with Crippen LogP contribution in [0.4, 0.5) is 0 Å². The van der Waals surface area contributed by atoms with Gasteiger partial charge in [-0.25, -0.2) is 8.42 Å². The van der Waals surface area contributed by atoms with Crippen LogP contribution in [-0.2, 0) is 15.9 Å². The van der Waals surface area contributed by atoms with Crippen molar-refractivity contribution < 1.29 is 8.42 Å². The molecule has 0 aliphatic carbocycles. The molecule has 3 nitrogen and oxygen atoms in total. The van der Waals surface area contributed by atoms with Gasteiger partial charge in [-0.3, -0.25) is 0 Å². The maximum atomic E-state index is 12.3. The van der Waals surface area contributed by atoms with E-state index in [1.165, 1.54) is 4.31 Å². The van der Waals surface area contributed by atoms with E-state index in [9.17, 15) is 8.42 Å². The molecule has 1 aromatic carbocycles. The van der Waals surface area contributed by atoms with Gasteiger partial charge < -0.3 is 0 Å². The largest absolute Gasteiger partial charge is 0.243 e. The number of benzene rings is 1. The minimum absolute atomic E-state index is 0.00713. The molecular formula is C13H20ClNO2S. The zero-order valence-corrected chi connectivity index (χ0v) is 12.6. The third-order valence-corrected chi connectivity index (χ3v) is 5.38. The molecule has 0 amide bonds. The molecule has 0 N–H and O–H groups in total. The van der Waals surface area contributed by atoms with Crippen LogP contribution in [0, 0.1) is 0 Å². The molecule has 0 heterocycles. The zero-order valence-electron chi connectivity index (χ0n) is 11.1. The number of sulfonamides is 1. The third kappa shape index (κ3) is 3.46. The summed E-state index contributed by atoms with van der Waals surface area (Å²) in [5, 5.41) is 0. The van der Waals surface area contributed by atoms with Gasteiger partial charge in [0, 0.05) is 19.0 Å². The Kier molecular flexibility index (Phi) is 5.63. The maximum absolute atomic E-state index is 12.3. The van der Waals surface area contributed by atoms with Crippen LogP contribution < -0.4 is 0 Å². The molecule has 1 aromatic rings. The highest BCUT2D eigenvalue weighted by molar-refractivity contribution is 7.89. The van der Waals surface area contributed by atoms with Crippen LogP contribution in [0.3, 0.4) is 0 Å². The lowest BCUT2D eigenvalue weighted by Gasteiger charge is -2.24. The standard InChI is InChI=1S/C13H20ClNO2S/c1-4-5-11(2)15(3)18(16,17)13-8-6-12(10-14)7-9-13/h6-9,11H,4-5,10H2,1-3H3. The Morgan fingerprint density at radius 2 is 1.83 bits per heavy atom. The van der Waals surface area contributed by atoms with Crippen LogP contribution in [0.15, 0.2) is 29.2 Å². The average molecular weight is 290 g/mol. The first-order chi connectivity index (χ1) is 8.43. The Labute approximate surface area is 115 Å². The maximum Gasteiger partial charge on any atom is 0.243 e. The highest BCUT2D eigenvalue weighted by atomic mass is 35.5. The monoisotopic (exact) mass is 289 g/mol. The van der Waals surface area contributed by atoms with Gasteiger partial charge in [-0.15, -0.1) is 11.6 Å². The van der Waals surface area contributed by atoms with Gasteiger partial charge >= 0.3 is 0 Å². The lowest BCUT2D eigenvalue weighted by atomic mass is 10.2. The van der Waals surface area contributed by atoms with Crippen molar-refractivity contribution >= 4 is 21.6 Å². The molecule has 1 rings (SSSR count). The van der Waals surface area contributed by atoms with E-state index < -0.39 is 10.0 Å². The van der Waals surface area contributed by atoms with E-state index in [4.69, 9.17) is 11.6 Å². The molecule has 0 spiro atoms. The first-order valence-electron chi connectivity index (χ1n) is 6.06. The van der Waals surface area contributed by atoms with Crippen molar-refractivity contribution in [1.82, 2.24) is 4.31 Å². The van der Waals surface area contributed by atoms with E-state index in [-0.39, 0.29) is 6.04 Å². The molecule has 0 fully saturated rings. The van der Waals surface area contributed by atoms with E-state index in [1.807, 2.05) is 13.8 Å². The van der Waals surface area contributed by atoms with Crippen LogP contribution in [0.1, 0.15) is 32.3 Å². The highest BCUT2D eigenvalue weighted by Crippen LogP contribution is 2.19. The van der Waals surface area contributed by atoms with E-state index in [0.29, 0.717) is 10.8 Å². The normalized spacial score (nSPS) is 13.8. The van der Waals surface area contributed by atoms with Gasteiger partial charge in [0.25, 0.3) is 0 Å². The first kappa shape index (κ1) is 15.5. The Bertz CT molecular complexity index is 470. The summed E-state index contributed by atoms with van der Waals surface area (Å²) in [7, 11) is -1.77. The Balaban J connectivity index is 2.97. The fraction of sp³-hybridized carbons (Fsp3) is 0.538. The van der Waals surface area contributed by atoms with Gasteiger partial charge in [0.2, 0.25) is 10.0 Å². The molecule has 1 atom stereocenters. The van der Waals surface area contributed by atoms with Gasteiger partial charge in [-0.05, 0) is 31.0 Å². The van der Waals surface area contributed by atoms with Crippen molar-refractivity contribution in [2.45, 2.75) is 43.5 Å². The molecule has 0 aliphatic heterocycles. The molecule has 0 bridgehead atoms. The Morgan fingerprint density at radius 1 is 1.28 bits per heavy atom. The van der Waals surface area contributed by atoms with Crippen LogP contribution in [0.25, 0.3) is 0 Å². The molecule has 0 saturated heterocycles. The number of alkyl halides is 1. The van der Waals surface area contributed by atoms with Crippen molar-refractivity contribution in [3.63, 3.8) is 0 Å². The topological polar surface area (TPSA) is 37.4 Å². The van der Waals surface area contributed by atoms with Crippen LogP contribution >= 0.6 is 11.6 Å². The second-order valence-corrected chi connectivity index (χ2v) is 6.70. The van der Waals surface area contributed by atoms with Crippen molar-refractivity contribution in [2.75, 3.05) is 7.05 Å². The predicted molar refractivity (Wildman–Crippen MR) is 75.3 cm³/mol. The minimum Gasteiger partial charge on any atom is -0.207 e. The smallest absolute Gasteiger partial charge is 0.207 e. The second-order valence-electron chi connectivity index (χ2n) is 4.44. The molecule has 0 radical (unpaired) electrons. The molecule has 5 heteroatoms. The summed E-state index contributed by atoms with van der Waals surface area (Å²) in [6, 6.07) is 6.73. The van der Waals surface area contributed by atoms with Gasteiger partial charge in [-0.2, -0.15) is 4.31 Å². The molecule has 102 valence electrons. The molecule has 1 unspecified atom stereocenters. The lowest BCUT2D eigenvalue weighted by molar-refractivity contribution is 0.369. The summed E-state index contributed by atoms with van der Waals surface area (Å²) in [4.78, 5) is 0.321. The van der Waals surface area contributed by atoms with E-state index in [1.54, 1.807) is 31.3 Å². The molecule has 0 saturated carbocycles. The number of hydrogen-bond acceptors (Lipinski definition) is 2. The quantitative estimate of drug-likeness (QED) is 0.754. The molecule has 18 heavy (non-hydrogen) atoms. The van der Waals surface area contributed by atoms with Crippen molar-refractivity contribution in [3.05, 3.63) is 29.8 Å². The predicted octanol–water partition coefficient (Wildman–Crippen LogP) is 3.23. The van der Waals surface area contributed by atoms with Gasteiger partial charge in [-0.1, -0.05) is 25.5 Å². The summed E-state index contributed by atoms with van der Waals surface area (Å²) < 4.78 is 26.1. The summed E-state index contributed by atoms with van der Waals surface area (Å²) in [5.41, 5.74) is 0.917. The number of halogens is 1. The fourth-order valence-corrected chi connectivity index (χ4v) is 3.32. The second kappa shape index (κ2) is 6.55. The van der Waals surface area contributed by atoms with Crippen molar-refractivity contribution in [1.29, 1.82) is 0 Å². The van der Waals surface area contributed by atoms with Crippen molar-refractivity contribution in [3.8, 4) is 0 Å². The van der Waals surface area contributed by atoms with Crippen LogP contribution in [0.5, 0.6) is 0 Å².